The predicted octanol–water partition coefficient (Wildman–Crippen LogP) is 1.98. The zero-order valence-corrected chi connectivity index (χ0v) is 8.41. The van der Waals surface area contributed by atoms with Crippen LogP contribution in [-0.4, -0.2) is 21.8 Å². The highest BCUT2D eigenvalue weighted by atomic mass is 15.3. The molecule has 13 heavy (non-hydrogen) atoms. The average molecular weight is 180 g/mol. The van der Waals surface area contributed by atoms with E-state index in [1.54, 1.807) is 6.33 Å². The van der Waals surface area contributed by atoms with Crippen LogP contribution in [0.2, 0.25) is 0 Å². The van der Waals surface area contributed by atoms with Crippen molar-refractivity contribution in [2.75, 3.05) is 12.4 Å². The first-order chi connectivity index (χ1) is 6.33. The van der Waals surface area contributed by atoms with Crippen molar-refractivity contribution in [3.63, 3.8) is 0 Å². The highest BCUT2D eigenvalue weighted by Gasteiger charge is 2.03. The van der Waals surface area contributed by atoms with Crippen molar-refractivity contribution in [2.24, 2.45) is 0 Å². The van der Waals surface area contributed by atoms with Crippen molar-refractivity contribution in [3.05, 3.63) is 12.4 Å². The van der Waals surface area contributed by atoms with Gasteiger partial charge in [-0.15, -0.1) is 10.2 Å². The zero-order valence-electron chi connectivity index (χ0n) is 8.41. The van der Waals surface area contributed by atoms with E-state index in [1.165, 1.54) is 5.70 Å². The van der Waals surface area contributed by atoms with E-state index in [9.17, 15) is 0 Å². The number of rotatable bonds is 4. The Kier molecular flexibility index (Phi) is 3.49. The fraction of sp³-hybridized carbons (Fsp3) is 0.556. The number of allylic oxidation sites excluding steroid dienone is 2. The van der Waals surface area contributed by atoms with Gasteiger partial charge in [-0.05, 0) is 12.8 Å². The molecule has 0 bridgehead atoms. The first-order valence-electron chi connectivity index (χ1n) is 4.60. The highest BCUT2D eigenvalue weighted by molar-refractivity contribution is 5.50. The molecule has 0 amide bonds. The molecule has 0 saturated heterocycles. The fourth-order valence-electron chi connectivity index (χ4n) is 1.26. The van der Waals surface area contributed by atoms with Gasteiger partial charge in [0.05, 0.1) is 0 Å². The van der Waals surface area contributed by atoms with Crippen LogP contribution in [0.3, 0.4) is 0 Å². The lowest BCUT2D eigenvalue weighted by atomic mass is 10.3. The van der Waals surface area contributed by atoms with E-state index >= 15 is 0 Å². The maximum atomic E-state index is 3.95. The lowest BCUT2D eigenvalue weighted by molar-refractivity contribution is 0.989. The number of nitrogens with zero attached hydrogens (tertiary/aromatic N) is 3. The van der Waals surface area contributed by atoms with Crippen LogP contribution >= 0.6 is 0 Å². The van der Waals surface area contributed by atoms with E-state index in [2.05, 4.69) is 35.4 Å². The standard InChI is InChI=1S/C9H16N4/c1-4-6-8(5-2)13-7-11-12-9(13)10-3/h6-7H,4-5H2,1-3H3,(H,10,12)/b8-6+. The number of hydrogen-bond acceptors (Lipinski definition) is 3. The monoisotopic (exact) mass is 180 g/mol. The molecule has 0 aromatic carbocycles. The molecular formula is C9H16N4. The third-order valence-corrected chi connectivity index (χ3v) is 1.88. The highest BCUT2D eigenvalue weighted by Crippen LogP contribution is 2.14. The third-order valence-electron chi connectivity index (χ3n) is 1.88. The van der Waals surface area contributed by atoms with Gasteiger partial charge in [-0.1, -0.05) is 19.9 Å². The topological polar surface area (TPSA) is 42.7 Å². The SMILES string of the molecule is CC/C=C(\CC)n1cnnc1NC. The van der Waals surface area contributed by atoms with Crippen LogP contribution in [0.5, 0.6) is 0 Å². The van der Waals surface area contributed by atoms with Crippen LogP contribution in [0.25, 0.3) is 5.70 Å². The third kappa shape index (κ3) is 2.08. The van der Waals surface area contributed by atoms with Gasteiger partial charge in [-0.2, -0.15) is 0 Å². The number of anilines is 1. The molecular weight excluding hydrogens is 164 g/mol. The summed E-state index contributed by atoms with van der Waals surface area (Å²) in [6, 6.07) is 0. The van der Waals surface area contributed by atoms with Gasteiger partial charge in [-0.3, -0.25) is 4.57 Å². The lowest BCUT2D eigenvalue weighted by Crippen LogP contribution is -2.01. The Balaban J connectivity index is 2.97. The van der Waals surface area contributed by atoms with Gasteiger partial charge in [-0.25, -0.2) is 0 Å². The molecule has 0 spiro atoms. The number of nitrogens with one attached hydrogen (secondary N) is 1. The molecule has 1 rings (SSSR count). The van der Waals surface area contributed by atoms with Crippen molar-refractivity contribution in [2.45, 2.75) is 26.7 Å². The van der Waals surface area contributed by atoms with E-state index in [-0.39, 0.29) is 0 Å². The summed E-state index contributed by atoms with van der Waals surface area (Å²) in [5.74, 6) is 0.793. The summed E-state index contributed by atoms with van der Waals surface area (Å²) >= 11 is 0. The fourth-order valence-corrected chi connectivity index (χ4v) is 1.26. The van der Waals surface area contributed by atoms with E-state index < -0.39 is 0 Å². The maximum absolute atomic E-state index is 3.95. The molecule has 1 aromatic rings. The van der Waals surface area contributed by atoms with Crippen molar-refractivity contribution < 1.29 is 0 Å². The van der Waals surface area contributed by atoms with Crippen LogP contribution in [0.1, 0.15) is 26.7 Å². The Labute approximate surface area is 78.7 Å². The lowest BCUT2D eigenvalue weighted by Gasteiger charge is -2.07. The minimum absolute atomic E-state index is 0.793. The van der Waals surface area contributed by atoms with Crippen molar-refractivity contribution in [1.29, 1.82) is 0 Å². The largest absolute Gasteiger partial charge is 0.357 e. The Morgan fingerprint density at radius 2 is 2.38 bits per heavy atom. The summed E-state index contributed by atoms with van der Waals surface area (Å²) in [5, 5.41) is 10.8. The summed E-state index contributed by atoms with van der Waals surface area (Å²) in [7, 11) is 1.85. The van der Waals surface area contributed by atoms with Crippen LogP contribution in [0.4, 0.5) is 5.95 Å². The first kappa shape index (κ1) is 9.77. The van der Waals surface area contributed by atoms with E-state index in [0.717, 1.165) is 18.8 Å². The van der Waals surface area contributed by atoms with Crippen molar-refractivity contribution in [1.82, 2.24) is 14.8 Å². The number of aromatic nitrogens is 3. The molecule has 0 radical (unpaired) electrons. The molecule has 0 atom stereocenters. The normalized spacial score (nSPS) is 11.8. The van der Waals surface area contributed by atoms with Gasteiger partial charge in [0.1, 0.15) is 6.33 Å². The van der Waals surface area contributed by atoms with Crippen molar-refractivity contribution in [3.8, 4) is 0 Å². The van der Waals surface area contributed by atoms with Gasteiger partial charge < -0.3 is 5.32 Å². The van der Waals surface area contributed by atoms with Crippen molar-refractivity contribution >= 4 is 11.6 Å². The quantitative estimate of drug-likeness (QED) is 0.770. The van der Waals surface area contributed by atoms with E-state index in [0.29, 0.717) is 0 Å². The predicted molar refractivity (Wildman–Crippen MR) is 54.4 cm³/mol. The first-order valence-corrected chi connectivity index (χ1v) is 4.60. The van der Waals surface area contributed by atoms with Crippen LogP contribution in [0.15, 0.2) is 12.4 Å². The molecule has 0 fully saturated rings. The molecule has 0 aliphatic rings. The van der Waals surface area contributed by atoms with Gasteiger partial charge in [0.25, 0.3) is 0 Å². The molecule has 0 aliphatic carbocycles. The Bertz CT molecular complexity index is 288. The summed E-state index contributed by atoms with van der Waals surface area (Å²) in [4.78, 5) is 0. The second kappa shape index (κ2) is 4.64. The Morgan fingerprint density at radius 3 is 2.92 bits per heavy atom. The Morgan fingerprint density at radius 1 is 1.62 bits per heavy atom. The minimum Gasteiger partial charge on any atom is -0.357 e. The van der Waals surface area contributed by atoms with Gasteiger partial charge in [0.15, 0.2) is 0 Å². The maximum Gasteiger partial charge on any atom is 0.228 e. The summed E-state index contributed by atoms with van der Waals surface area (Å²) in [5.41, 5.74) is 1.23. The second-order valence-electron chi connectivity index (χ2n) is 2.73. The van der Waals surface area contributed by atoms with Gasteiger partial charge >= 0.3 is 0 Å². The van der Waals surface area contributed by atoms with Gasteiger partial charge in [0, 0.05) is 12.7 Å². The molecule has 1 N–H and O–H groups in total. The average Bonchev–Trinajstić information content (AvgIpc) is 2.61. The second-order valence-corrected chi connectivity index (χ2v) is 2.73. The van der Waals surface area contributed by atoms with E-state index in [4.69, 9.17) is 0 Å². The zero-order chi connectivity index (χ0) is 9.68. The van der Waals surface area contributed by atoms with Crippen LogP contribution < -0.4 is 5.32 Å². The van der Waals surface area contributed by atoms with Crippen LogP contribution in [0, 0.1) is 0 Å². The molecule has 0 saturated carbocycles. The molecule has 1 aromatic heterocycles. The smallest absolute Gasteiger partial charge is 0.228 e. The molecule has 1 heterocycles. The van der Waals surface area contributed by atoms with Crippen LogP contribution in [-0.2, 0) is 0 Å². The molecule has 4 nitrogen and oxygen atoms in total. The van der Waals surface area contributed by atoms with Gasteiger partial charge in [0.2, 0.25) is 5.95 Å². The molecule has 0 aliphatic heterocycles. The summed E-state index contributed by atoms with van der Waals surface area (Å²) < 4.78 is 1.98. The summed E-state index contributed by atoms with van der Waals surface area (Å²) in [6.07, 6.45) is 5.94. The van der Waals surface area contributed by atoms with E-state index in [1.807, 2.05) is 11.6 Å². The number of hydrogen-bond donors (Lipinski definition) is 1. The molecule has 4 heteroatoms. The molecule has 0 unspecified atom stereocenters. The minimum atomic E-state index is 0.793. The molecule has 72 valence electrons. The summed E-state index contributed by atoms with van der Waals surface area (Å²) in [6.45, 7) is 4.25. The Hall–Kier alpha value is -1.32.